The van der Waals surface area contributed by atoms with Gasteiger partial charge in [-0.05, 0) is 18.4 Å². The molecule has 0 aromatic carbocycles. The Bertz CT molecular complexity index is 470. The van der Waals surface area contributed by atoms with Crippen molar-refractivity contribution in [1.82, 2.24) is 9.97 Å². The number of carbonyl (C=O) groups excluding carboxylic acids is 1. The van der Waals surface area contributed by atoms with Gasteiger partial charge in [0.25, 0.3) is 0 Å². The molecule has 2 heterocycles. The molecular weight excluding hydrogens is 196 g/mol. The van der Waals surface area contributed by atoms with Crippen molar-refractivity contribution >= 4 is 17.1 Å². The number of aryl methyl sites for hydroxylation is 1. The number of thiophene rings is 1. The van der Waals surface area contributed by atoms with E-state index in [1.54, 1.807) is 17.5 Å². The van der Waals surface area contributed by atoms with Crippen LogP contribution in [0.1, 0.15) is 22.3 Å². The summed E-state index contributed by atoms with van der Waals surface area (Å²) in [5.41, 5.74) is 1.63. The lowest BCUT2D eigenvalue weighted by Crippen LogP contribution is -1.91. The molecule has 0 amide bonds. The highest BCUT2D eigenvalue weighted by Crippen LogP contribution is 2.24. The van der Waals surface area contributed by atoms with E-state index in [9.17, 15) is 4.79 Å². The summed E-state index contributed by atoms with van der Waals surface area (Å²) in [5.74, 6) is 0.783. The highest BCUT2D eigenvalue weighted by molar-refractivity contribution is 7.10. The van der Waals surface area contributed by atoms with Crippen molar-refractivity contribution in [3.63, 3.8) is 0 Å². The quantitative estimate of drug-likeness (QED) is 0.768. The van der Waals surface area contributed by atoms with Crippen molar-refractivity contribution in [1.29, 1.82) is 0 Å². The van der Waals surface area contributed by atoms with Crippen molar-refractivity contribution in [3.8, 4) is 11.4 Å². The summed E-state index contributed by atoms with van der Waals surface area (Å²) in [6.45, 7) is 3.56. The van der Waals surface area contributed by atoms with Crippen LogP contribution in [0.5, 0.6) is 0 Å². The molecule has 14 heavy (non-hydrogen) atoms. The highest BCUT2D eigenvalue weighted by Gasteiger charge is 2.08. The van der Waals surface area contributed by atoms with E-state index in [0.29, 0.717) is 5.69 Å². The molecule has 0 saturated carbocycles. The third-order valence-electron chi connectivity index (χ3n) is 2.07. The maximum Gasteiger partial charge on any atom is 0.177 e. The van der Waals surface area contributed by atoms with Crippen LogP contribution in [0.3, 0.4) is 0 Å². The van der Waals surface area contributed by atoms with E-state index < -0.39 is 0 Å². The lowest BCUT2D eigenvalue weighted by molar-refractivity contribution is 0.101. The molecule has 0 radical (unpaired) electrons. The van der Waals surface area contributed by atoms with Gasteiger partial charge in [-0.25, -0.2) is 4.98 Å². The molecule has 2 rings (SSSR count). The van der Waals surface area contributed by atoms with Crippen molar-refractivity contribution < 1.29 is 4.79 Å². The number of Topliss-reactive ketones (excluding diaryl/α,β-unsaturated/α-hetero) is 1. The van der Waals surface area contributed by atoms with E-state index in [2.05, 4.69) is 9.97 Å². The Kier molecular flexibility index (Phi) is 2.21. The Hall–Kier alpha value is -1.42. The van der Waals surface area contributed by atoms with Gasteiger partial charge in [0.2, 0.25) is 0 Å². The van der Waals surface area contributed by atoms with Gasteiger partial charge in [0.05, 0.1) is 6.20 Å². The Labute approximate surface area is 85.8 Å². The van der Waals surface area contributed by atoms with Crippen LogP contribution in [0.15, 0.2) is 17.6 Å². The van der Waals surface area contributed by atoms with Crippen LogP contribution in [0, 0.1) is 6.92 Å². The van der Waals surface area contributed by atoms with E-state index in [0.717, 1.165) is 11.4 Å². The molecule has 1 N–H and O–H groups in total. The first kappa shape index (κ1) is 9.15. The number of hydrogen-bond acceptors (Lipinski definition) is 3. The van der Waals surface area contributed by atoms with Gasteiger partial charge < -0.3 is 4.98 Å². The normalized spacial score (nSPS) is 10.4. The molecule has 0 fully saturated rings. The molecular formula is C10H10N2OS. The zero-order chi connectivity index (χ0) is 10.1. The van der Waals surface area contributed by atoms with Gasteiger partial charge in [0.1, 0.15) is 11.5 Å². The second kappa shape index (κ2) is 3.38. The van der Waals surface area contributed by atoms with Crippen LogP contribution in [0.4, 0.5) is 0 Å². The number of hydrogen-bond donors (Lipinski definition) is 1. The first-order valence-electron chi connectivity index (χ1n) is 4.29. The SMILES string of the molecule is CC(=O)c1cnc(-c2ccsc2C)[nH]1. The summed E-state index contributed by atoms with van der Waals surface area (Å²) < 4.78 is 0. The Balaban J connectivity index is 2.43. The fraction of sp³-hybridized carbons (Fsp3) is 0.200. The van der Waals surface area contributed by atoms with Crippen molar-refractivity contribution in [2.75, 3.05) is 0 Å². The predicted molar refractivity (Wildman–Crippen MR) is 56.6 cm³/mol. The number of nitrogens with zero attached hydrogens (tertiary/aromatic N) is 1. The van der Waals surface area contributed by atoms with Gasteiger partial charge >= 0.3 is 0 Å². The number of carbonyl (C=O) groups is 1. The maximum absolute atomic E-state index is 11.0. The standard InChI is InChI=1S/C10H10N2OS/c1-6(13)9-5-11-10(12-9)8-3-4-14-7(8)2/h3-5H,1-2H3,(H,11,12). The van der Waals surface area contributed by atoms with Gasteiger partial charge in [-0.2, -0.15) is 0 Å². The van der Waals surface area contributed by atoms with Gasteiger partial charge in [0, 0.05) is 17.4 Å². The number of nitrogens with one attached hydrogen (secondary N) is 1. The molecule has 0 aliphatic rings. The smallest absolute Gasteiger partial charge is 0.177 e. The number of aromatic amines is 1. The number of H-pyrrole nitrogens is 1. The van der Waals surface area contributed by atoms with Crippen LogP contribution in [0.25, 0.3) is 11.4 Å². The molecule has 0 aliphatic carbocycles. The first-order valence-corrected chi connectivity index (χ1v) is 5.17. The average Bonchev–Trinajstić information content (AvgIpc) is 2.71. The molecule has 72 valence electrons. The fourth-order valence-corrected chi connectivity index (χ4v) is 1.97. The summed E-state index contributed by atoms with van der Waals surface area (Å²) in [6, 6.07) is 2.00. The minimum Gasteiger partial charge on any atom is -0.336 e. The molecule has 0 bridgehead atoms. The lowest BCUT2D eigenvalue weighted by atomic mass is 10.2. The molecule has 3 nitrogen and oxygen atoms in total. The Morgan fingerprint density at radius 2 is 2.36 bits per heavy atom. The monoisotopic (exact) mass is 206 g/mol. The van der Waals surface area contributed by atoms with Crippen LogP contribution in [0.2, 0.25) is 0 Å². The zero-order valence-corrected chi connectivity index (χ0v) is 8.81. The topological polar surface area (TPSA) is 45.8 Å². The summed E-state index contributed by atoms with van der Waals surface area (Å²) in [6.07, 6.45) is 1.58. The number of ketones is 1. The van der Waals surface area contributed by atoms with E-state index in [4.69, 9.17) is 0 Å². The third kappa shape index (κ3) is 1.48. The van der Waals surface area contributed by atoms with E-state index in [1.807, 2.05) is 18.4 Å². The van der Waals surface area contributed by atoms with Crippen LogP contribution >= 0.6 is 11.3 Å². The van der Waals surface area contributed by atoms with Crippen molar-refractivity contribution in [2.24, 2.45) is 0 Å². The highest BCUT2D eigenvalue weighted by atomic mass is 32.1. The number of imidazole rings is 1. The van der Waals surface area contributed by atoms with E-state index in [-0.39, 0.29) is 5.78 Å². The first-order chi connectivity index (χ1) is 6.68. The van der Waals surface area contributed by atoms with Crippen molar-refractivity contribution in [2.45, 2.75) is 13.8 Å². The van der Waals surface area contributed by atoms with E-state index >= 15 is 0 Å². The van der Waals surface area contributed by atoms with Gasteiger partial charge in [-0.3, -0.25) is 4.79 Å². The maximum atomic E-state index is 11.0. The third-order valence-corrected chi connectivity index (χ3v) is 2.91. The van der Waals surface area contributed by atoms with Gasteiger partial charge in [-0.1, -0.05) is 0 Å². The summed E-state index contributed by atoms with van der Waals surface area (Å²) in [5, 5.41) is 2.01. The van der Waals surface area contributed by atoms with Crippen LogP contribution in [-0.2, 0) is 0 Å². The molecule has 2 aromatic heterocycles. The summed E-state index contributed by atoms with van der Waals surface area (Å²) >= 11 is 1.67. The Morgan fingerprint density at radius 3 is 2.86 bits per heavy atom. The second-order valence-corrected chi connectivity index (χ2v) is 4.21. The largest absolute Gasteiger partial charge is 0.336 e. The van der Waals surface area contributed by atoms with Crippen LogP contribution < -0.4 is 0 Å². The zero-order valence-electron chi connectivity index (χ0n) is 8.00. The Morgan fingerprint density at radius 1 is 1.57 bits per heavy atom. The molecule has 0 unspecified atom stereocenters. The number of rotatable bonds is 2. The molecule has 0 spiro atoms. The summed E-state index contributed by atoms with van der Waals surface area (Å²) in [4.78, 5) is 19.4. The van der Waals surface area contributed by atoms with Gasteiger partial charge in [0.15, 0.2) is 5.78 Å². The molecule has 0 saturated heterocycles. The van der Waals surface area contributed by atoms with Crippen LogP contribution in [-0.4, -0.2) is 15.8 Å². The van der Waals surface area contributed by atoms with Gasteiger partial charge in [-0.15, -0.1) is 11.3 Å². The summed E-state index contributed by atoms with van der Waals surface area (Å²) in [7, 11) is 0. The predicted octanol–water partition coefficient (Wildman–Crippen LogP) is 2.65. The second-order valence-electron chi connectivity index (χ2n) is 3.09. The molecule has 4 heteroatoms. The lowest BCUT2D eigenvalue weighted by Gasteiger charge is -1.93. The molecule has 0 aliphatic heterocycles. The average molecular weight is 206 g/mol. The molecule has 2 aromatic rings. The van der Waals surface area contributed by atoms with E-state index in [1.165, 1.54) is 11.8 Å². The minimum absolute atomic E-state index is 0.0108. The number of aromatic nitrogens is 2. The fourth-order valence-electron chi connectivity index (χ4n) is 1.27. The van der Waals surface area contributed by atoms with Crippen molar-refractivity contribution in [3.05, 3.63) is 28.2 Å². The minimum atomic E-state index is 0.0108. The molecule has 0 atom stereocenters.